The fourth-order valence-electron chi connectivity index (χ4n) is 1.55. The van der Waals surface area contributed by atoms with Crippen LogP contribution < -0.4 is 0 Å². The lowest BCUT2D eigenvalue weighted by molar-refractivity contribution is -0.135. The van der Waals surface area contributed by atoms with Crippen molar-refractivity contribution in [2.75, 3.05) is 0 Å². The summed E-state index contributed by atoms with van der Waals surface area (Å²) in [4.78, 5) is 11.4. The molecule has 0 fully saturated rings. The highest BCUT2D eigenvalue weighted by Crippen LogP contribution is 2.16. The van der Waals surface area contributed by atoms with Gasteiger partial charge in [-0.25, -0.2) is 0 Å². The molecule has 1 N–H and O–H groups in total. The standard InChI is InChI=1S/C13H18O2.C2H6/c1-3-12(14)13(2,15)10-9-11-7-5-4-6-8-11;1-2/h4-8,15H,3,9-10H2,1-2H3;1-2H3. The van der Waals surface area contributed by atoms with E-state index in [1.54, 1.807) is 13.8 Å². The molecule has 0 aliphatic heterocycles. The molecule has 0 saturated carbocycles. The molecule has 0 aliphatic rings. The zero-order chi connectivity index (χ0) is 13.3. The molecule has 96 valence electrons. The SMILES string of the molecule is CC.CCC(=O)C(C)(O)CCc1ccccc1. The van der Waals surface area contributed by atoms with Crippen molar-refractivity contribution >= 4 is 5.78 Å². The summed E-state index contributed by atoms with van der Waals surface area (Å²) in [5, 5.41) is 9.89. The summed E-state index contributed by atoms with van der Waals surface area (Å²) >= 11 is 0. The zero-order valence-electron chi connectivity index (χ0n) is 11.4. The molecular formula is C15H24O2. The van der Waals surface area contributed by atoms with Crippen LogP contribution in [0.15, 0.2) is 30.3 Å². The Morgan fingerprint density at radius 1 is 1.24 bits per heavy atom. The first kappa shape index (κ1) is 15.9. The van der Waals surface area contributed by atoms with Gasteiger partial charge in [0.25, 0.3) is 0 Å². The Morgan fingerprint density at radius 3 is 2.24 bits per heavy atom. The molecule has 1 aromatic carbocycles. The quantitative estimate of drug-likeness (QED) is 0.851. The summed E-state index contributed by atoms with van der Waals surface area (Å²) in [6.45, 7) is 7.38. The van der Waals surface area contributed by atoms with Crippen LogP contribution >= 0.6 is 0 Å². The highest BCUT2D eigenvalue weighted by Gasteiger charge is 2.27. The second kappa shape index (κ2) is 8.02. The molecule has 2 nitrogen and oxygen atoms in total. The number of Topliss-reactive ketones (excluding diaryl/α,β-unsaturated/α-hetero) is 1. The van der Waals surface area contributed by atoms with E-state index in [0.717, 1.165) is 12.0 Å². The summed E-state index contributed by atoms with van der Waals surface area (Å²) in [6, 6.07) is 9.90. The van der Waals surface area contributed by atoms with Gasteiger partial charge in [0.2, 0.25) is 0 Å². The Hall–Kier alpha value is -1.15. The second-order valence-electron chi connectivity index (χ2n) is 4.04. The first-order chi connectivity index (χ1) is 8.06. The van der Waals surface area contributed by atoms with E-state index in [4.69, 9.17) is 0 Å². The third kappa shape index (κ3) is 5.64. The van der Waals surface area contributed by atoms with Crippen LogP contribution in [0.1, 0.15) is 46.1 Å². The normalized spacial score (nSPS) is 13.2. The number of hydrogen-bond acceptors (Lipinski definition) is 2. The molecule has 0 amide bonds. The van der Waals surface area contributed by atoms with Gasteiger partial charge in [-0.1, -0.05) is 51.1 Å². The molecule has 1 atom stereocenters. The van der Waals surface area contributed by atoms with E-state index >= 15 is 0 Å². The number of carbonyl (C=O) groups is 1. The lowest BCUT2D eigenvalue weighted by atomic mass is 9.91. The first-order valence-corrected chi connectivity index (χ1v) is 6.36. The van der Waals surface area contributed by atoms with Crippen LogP contribution in [0.4, 0.5) is 0 Å². The molecule has 1 rings (SSSR count). The number of rotatable bonds is 5. The Morgan fingerprint density at radius 2 is 1.76 bits per heavy atom. The minimum absolute atomic E-state index is 0.0848. The molecule has 0 saturated heterocycles. The molecular weight excluding hydrogens is 212 g/mol. The van der Waals surface area contributed by atoms with Crippen molar-refractivity contribution < 1.29 is 9.90 Å². The van der Waals surface area contributed by atoms with Gasteiger partial charge in [0, 0.05) is 6.42 Å². The number of aliphatic hydroxyl groups is 1. The molecule has 0 bridgehead atoms. The predicted octanol–water partition coefficient (Wildman–Crippen LogP) is 3.38. The number of hydrogen-bond donors (Lipinski definition) is 1. The summed E-state index contributed by atoms with van der Waals surface area (Å²) in [5.41, 5.74) is -0.0217. The minimum Gasteiger partial charge on any atom is -0.382 e. The zero-order valence-corrected chi connectivity index (χ0v) is 11.4. The summed E-state index contributed by atoms with van der Waals surface area (Å²) < 4.78 is 0. The van der Waals surface area contributed by atoms with Crippen molar-refractivity contribution in [3.8, 4) is 0 Å². The third-order valence-electron chi connectivity index (χ3n) is 2.67. The van der Waals surface area contributed by atoms with Gasteiger partial charge in [-0.05, 0) is 25.3 Å². The fourth-order valence-corrected chi connectivity index (χ4v) is 1.55. The average molecular weight is 236 g/mol. The first-order valence-electron chi connectivity index (χ1n) is 6.36. The Labute approximate surface area is 105 Å². The van der Waals surface area contributed by atoms with Crippen LogP contribution in [-0.4, -0.2) is 16.5 Å². The van der Waals surface area contributed by atoms with E-state index in [0.29, 0.717) is 12.8 Å². The van der Waals surface area contributed by atoms with Crippen LogP contribution in [0.25, 0.3) is 0 Å². The fraction of sp³-hybridized carbons (Fsp3) is 0.533. The molecule has 0 aromatic heterocycles. The van der Waals surface area contributed by atoms with Gasteiger partial charge in [-0.3, -0.25) is 4.79 Å². The van der Waals surface area contributed by atoms with E-state index < -0.39 is 5.60 Å². The maximum atomic E-state index is 11.4. The molecule has 0 aliphatic carbocycles. The highest BCUT2D eigenvalue weighted by molar-refractivity contribution is 5.86. The smallest absolute Gasteiger partial charge is 0.163 e. The van der Waals surface area contributed by atoms with E-state index in [1.807, 2.05) is 44.2 Å². The molecule has 0 heterocycles. The summed E-state index contributed by atoms with van der Waals surface area (Å²) in [7, 11) is 0. The van der Waals surface area contributed by atoms with Gasteiger partial charge in [0.1, 0.15) is 5.60 Å². The number of benzene rings is 1. The molecule has 1 unspecified atom stereocenters. The Balaban J connectivity index is 0.00000121. The lowest BCUT2D eigenvalue weighted by Crippen LogP contribution is -2.35. The van der Waals surface area contributed by atoms with Gasteiger partial charge in [-0.2, -0.15) is 0 Å². The Bertz CT molecular complexity index is 315. The summed E-state index contributed by atoms with van der Waals surface area (Å²) in [6.07, 6.45) is 1.62. The molecule has 2 heteroatoms. The van der Waals surface area contributed by atoms with Crippen molar-refractivity contribution in [2.45, 2.75) is 52.6 Å². The van der Waals surface area contributed by atoms with Crippen molar-refractivity contribution in [1.82, 2.24) is 0 Å². The number of ketones is 1. The molecule has 0 spiro atoms. The maximum absolute atomic E-state index is 11.4. The summed E-state index contributed by atoms with van der Waals surface area (Å²) in [5.74, 6) is -0.0848. The predicted molar refractivity (Wildman–Crippen MR) is 72.0 cm³/mol. The molecule has 1 aromatic rings. The van der Waals surface area contributed by atoms with Crippen molar-refractivity contribution in [3.63, 3.8) is 0 Å². The van der Waals surface area contributed by atoms with Crippen molar-refractivity contribution in [1.29, 1.82) is 0 Å². The van der Waals surface area contributed by atoms with Gasteiger partial charge in [0.15, 0.2) is 5.78 Å². The third-order valence-corrected chi connectivity index (χ3v) is 2.67. The van der Waals surface area contributed by atoms with E-state index in [2.05, 4.69) is 0 Å². The van der Waals surface area contributed by atoms with Crippen LogP contribution in [0.5, 0.6) is 0 Å². The molecule has 17 heavy (non-hydrogen) atoms. The van der Waals surface area contributed by atoms with Crippen LogP contribution in [0.3, 0.4) is 0 Å². The number of aryl methyl sites for hydroxylation is 1. The van der Waals surface area contributed by atoms with Crippen LogP contribution in [0, 0.1) is 0 Å². The van der Waals surface area contributed by atoms with Gasteiger partial charge >= 0.3 is 0 Å². The average Bonchev–Trinajstić information content (AvgIpc) is 2.39. The molecule has 0 radical (unpaired) electrons. The maximum Gasteiger partial charge on any atom is 0.163 e. The van der Waals surface area contributed by atoms with Crippen molar-refractivity contribution in [3.05, 3.63) is 35.9 Å². The van der Waals surface area contributed by atoms with Crippen LogP contribution in [-0.2, 0) is 11.2 Å². The largest absolute Gasteiger partial charge is 0.382 e. The van der Waals surface area contributed by atoms with Gasteiger partial charge < -0.3 is 5.11 Å². The Kier molecular flexibility index (Phi) is 7.47. The van der Waals surface area contributed by atoms with E-state index in [-0.39, 0.29) is 5.78 Å². The van der Waals surface area contributed by atoms with E-state index in [1.165, 1.54) is 0 Å². The lowest BCUT2D eigenvalue weighted by Gasteiger charge is -2.20. The van der Waals surface area contributed by atoms with Gasteiger partial charge in [0.05, 0.1) is 0 Å². The van der Waals surface area contributed by atoms with Gasteiger partial charge in [-0.15, -0.1) is 0 Å². The minimum atomic E-state index is -1.18. The van der Waals surface area contributed by atoms with Crippen molar-refractivity contribution in [2.24, 2.45) is 0 Å². The second-order valence-corrected chi connectivity index (χ2v) is 4.04. The number of carbonyl (C=O) groups excluding carboxylic acids is 1. The monoisotopic (exact) mass is 236 g/mol. The van der Waals surface area contributed by atoms with Crippen LogP contribution in [0.2, 0.25) is 0 Å². The highest BCUT2D eigenvalue weighted by atomic mass is 16.3. The van der Waals surface area contributed by atoms with E-state index in [9.17, 15) is 9.90 Å². The topological polar surface area (TPSA) is 37.3 Å².